The van der Waals surface area contributed by atoms with Gasteiger partial charge in [-0.25, -0.2) is 9.59 Å². The van der Waals surface area contributed by atoms with Crippen molar-refractivity contribution in [2.24, 2.45) is 0 Å². The number of carboxylic acids is 2. The molecule has 0 fully saturated rings. The Morgan fingerprint density at radius 3 is 1.13 bits per heavy atom. The van der Waals surface area contributed by atoms with Gasteiger partial charge >= 0.3 is 31.4 Å². The maximum atomic E-state index is 10.5. The van der Waals surface area contributed by atoms with Crippen LogP contribution >= 0.6 is 0 Å². The summed E-state index contributed by atoms with van der Waals surface area (Å²) in [6, 6.07) is 0. The number of hydrogen-bond donors (Lipinski definition) is 0. The summed E-state index contributed by atoms with van der Waals surface area (Å²) < 4.78 is 8.86. The molecular formula is C14H18O8Zn. The van der Waals surface area contributed by atoms with Gasteiger partial charge < -0.3 is 29.3 Å². The zero-order valence-corrected chi connectivity index (χ0v) is 16.5. The van der Waals surface area contributed by atoms with Gasteiger partial charge in [0, 0.05) is 12.2 Å². The van der Waals surface area contributed by atoms with Gasteiger partial charge in [0.1, 0.15) is 11.2 Å². The van der Waals surface area contributed by atoms with Gasteiger partial charge in [-0.3, -0.25) is 0 Å². The van der Waals surface area contributed by atoms with Crippen LogP contribution in [-0.4, -0.2) is 35.1 Å². The fourth-order valence-electron chi connectivity index (χ4n) is 0.670. The molecule has 0 N–H and O–H groups in total. The quantitative estimate of drug-likeness (QED) is 0.309. The Hall–Kier alpha value is -2.02. The molecular weight excluding hydrogens is 362 g/mol. The number of carboxylic acid groups (broad SMARTS) is 2. The van der Waals surface area contributed by atoms with E-state index in [1.165, 1.54) is 27.7 Å². The van der Waals surface area contributed by atoms with Crippen LogP contribution in [0.2, 0.25) is 0 Å². The molecule has 0 atom stereocenters. The number of hydrogen-bond acceptors (Lipinski definition) is 8. The van der Waals surface area contributed by atoms with Crippen molar-refractivity contribution in [2.75, 3.05) is 0 Å². The van der Waals surface area contributed by atoms with Crippen molar-refractivity contribution < 1.29 is 58.3 Å². The number of aliphatic carboxylic acids is 2. The first-order valence-electron chi connectivity index (χ1n) is 5.94. The maximum Gasteiger partial charge on any atom is 2.00 e. The van der Waals surface area contributed by atoms with Gasteiger partial charge in [-0.15, -0.1) is 0 Å². The van der Waals surface area contributed by atoms with Crippen LogP contribution in [0, 0.1) is 0 Å². The van der Waals surface area contributed by atoms with E-state index in [1.807, 2.05) is 0 Å². The largest absolute Gasteiger partial charge is 2.00 e. The summed E-state index contributed by atoms with van der Waals surface area (Å²) in [6.45, 7) is 11.1. The molecule has 0 unspecified atom stereocenters. The van der Waals surface area contributed by atoms with Crippen molar-refractivity contribution in [3.63, 3.8) is 0 Å². The first-order valence-corrected chi connectivity index (χ1v) is 5.94. The molecule has 0 aromatic heterocycles. The van der Waals surface area contributed by atoms with E-state index in [2.05, 4.69) is 22.6 Å². The number of esters is 2. The molecule has 0 amide bonds. The zero-order valence-electron chi connectivity index (χ0n) is 13.5. The summed E-state index contributed by atoms with van der Waals surface area (Å²) >= 11 is 0. The third-order valence-corrected chi connectivity index (χ3v) is 2.03. The van der Waals surface area contributed by atoms with E-state index in [0.717, 1.165) is 12.2 Å². The molecule has 0 aliphatic rings. The van der Waals surface area contributed by atoms with Crippen molar-refractivity contribution in [3.05, 3.63) is 25.3 Å². The van der Waals surface area contributed by atoms with Crippen LogP contribution in [0.3, 0.4) is 0 Å². The number of rotatable bonds is 6. The molecule has 0 bridgehead atoms. The van der Waals surface area contributed by atoms with E-state index in [-0.39, 0.29) is 19.5 Å². The normalized spacial score (nSPS) is 9.91. The fraction of sp³-hybridized carbons (Fsp3) is 0.429. The minimum Gasteiger partial charge on any atom is -0.546 e. The Balaban J connectivity index is -0.000000333. The third kappa shape index (κ3) is 11.2. The molecule has 0 aliphatic heterocycles. The van der Waals surface area contributed by atoms with E-state index in [9.17, 15) is 29.4 Å². The van der Waals surface area contributed by atoms with Gasteiger partial charge in [-0.1, -0.05) is 13.2 Å². The van der Waals surface area contributed by atoms with Crippen molar-refractivity contribution in [1.29, 1.82) is 0 Å². The summed E-state index contributed by atoms with van der Waals surface area (Å²) in [7, 11) is 0. The molecule has 0 spiro atoms. The van der Waals surface area contributed by atoms with Gasteiger partial charge in [0.25, 0.3) is 0 Å². The molecule has 8 nitrogen and oxygen atoms in total. The van der Waals surface area contributed by atoms with Crippen LogP contribution < -0.4 is 10.2 Å². The summed E-state index contributed by atoms with van der Waals surface area (Å²) in [4.78, 5) is 41.5. The molecule has 0 saturated carbocycles. The molecule has 124 valence electrons. The van der Waals surface area contributed by atoms with E-state index in [1.54, 1.807) is 0 Å². The average molecular weight is 380 g/mol. The molecule has 9 heteroatoms. The first kappa shape index (κ1) is 25.9. The Kier molecular flexibility index (Phi) is 12.0. The van der Waals surface area contributed by atoms with E-state index in [4.69, 9.17) is 0 Å². The molecule has 0 radical (unpaired) electrons. The third-order valence-electron chi connectivity index (χ3n) is 2.03. The van der Waals surface area contributed by atoms with Crippen molar-refractivity contribution in [3.8, 4) is 0 Å². The molecule has 23 heavy (non-hydrogen) atoms. The summed E-state index contributed by atoms with van der Waals surface area (Å²) in [6.07, 6.45) is 1.79. The average Bonchev–Trinajstić information content (AvgIpc) is 2.37. The molecule has 0 heterocycles. The first-order chi connectivity index (χ1) is 9.80. The summed E-state index contributed by atoms with van der Waals surface area (Å²) in [5.74, 6) is -4.43. The minimum absolute atomic E-state index is 0. The Morgan fingerprint density at radius 1 is 0.783 bits per heavy atom. The minimum atomic E-state index is -1.59. The van der Waals surface area contributed by atoms with Crippen molar-refractivity contribution in [1.82, 2.24) is 0 Å². The fourth-order valence-corrected chi connectivity index (χ4v) is 0.670. The molecule has 0 aromatic carbocycles. The monoisotopic (exact) mass is 378 g/mol. The predicted molar refractivity (Wildman–Crippen MR) is 70.8 cm³/mol. The topological polar surface area (TPSA) is 133 Å². The molecule has 0 aliphatic carbocycles. The Labute approximate surface area is 146 Å². The van der Waals surface area contributed by atoms with Gasteiger partial charge in [0.05, 0.1) is 11.9 Å². The maximum absolute atomic E-state index is 10.5. The van der Waals surface area contributed by atoms with E-state index in [0.29, 0.717) is 0 Å². The number of carbonyl (C=O) groups excluding carboxylic acids is 4. The van der Waals surface area contributed by atoms with E-state index < -0.39 is 35.1 Å². The van der Waals surface area contributed by atoms with Gasteiger partial charge in [0.2, 0.25) is 0 Å². The molecule has 0 saturated heterocycles. The SMILES string of the molecule is C=CC(=O)OC(C)(C)C(=O)[O-].C=CC(=O)OC(C)(C)C(=O)[O-].[Zn+2]. The second-order valence-electron chi connectivity index (χ2n) is 4.85. The Morgan fingerprint density at radius 2 is 1.00 bits per heavy atom. The Bertz CT molecular complexity index is 435. The van der Waals surface area contributed by atoms with Crippen LogP contribution in [0.15, 0.2) is 25.3 Å². The van der Waals surface area contributed by atoms with Crippen LogP contribution in [0.1, 0.15) is 27.7 Å². The number of ether oxygens (including phenoxy) is 2. The van der Waals surface area contributed by atoms with Crippen molar-refractivity contribution in [2.45, 2.75) is 38.9 Å². The second-order valence-corrected chi connectivity index (χ2v) is 4.85. The van der Waals surface area contributed by atoms with E-state index >= 15 is 0 Å². The summed E-state index contributed by atoms with van der Waals surface area (Å²) in [5.41, 5.74) is -3.18. The van der Waals surface area contributed by atoms with Crippen molar-refractivity contribution >= 4 is 23.9 Å². The second kappa shape index (κ2) is 10.7. The number of carbonyl (C=O) groups is 4. The molecule has 0 aromatic rings. The zero-order chi connectivity index (χ0) is 18.1. The van der Waals surface area contributed by atoms with Crippen LogP contribution in [0.4, 0.5) is 0 Å². The smallest absolute Gasteiger partial charge is 0.546 e. The van der Waals surface area contributed by atoms with Crippen LogP contribution in [-0.2, 0) is 48.1 Å². The van der Waals surface area contributed by atoms with Gasteiger partial charge in [0.15, 0.2) is 0 Å². The van der Waals surface area contributed by atoms with Crippen LogP contribution in [0.5, 0.6) is 0 Å². The summed E-state index contributed by atoms with van der Waals surface area (Å²) in [5, 5.41) is 20.5. The standard InChI is InChI=1S/2C7H10O4.Zn/c2*1-4-5(8)11-7(2,3)6(9)10;/h2*4H,1H2,2-3H3,(H,9,10);/q;;+2/p-2. The van der Waals surface area contributed by atoms with Gasteiger partial charge in [-0.2, -0.15) is 0 Å². The molecule has 0 rings (SSSR count). The van der Waals surface area contributed by atoms with Crippen LogP contribution in [0.25, 0.3) is 0 Å². The predicted octanol–water partition coefficient (Wildman–Crippen LogP) is -1.51. The van der Waals surface area contributed by atoms with Gasteiger partial charge in [-0.05, 0) is 27.7 Å².